The number of rotatable bonds is 3. The van der Waals surface area contributed by atoms with E-state index < -0.39 is 5.92 Å². The number of allylic oxidation sites excluding steroid dienone is 3. The summed E-state index contributed by atoms with van der Waals surface area (Å²) >= 11 is 1.75. The number of nitriles is 1. The van der Waals surface area contributed by atoms with Gasteiger partial charge in [0.15, 0.2) is 11.6 Å². The second kappa shape index (κ2) is 8.82. The van der Waals surface area contributed by atoms with Gasteiger partial charge in [-0.05, 0) is 50.2 Å². The van der Waals surface area contributed by atoms with Crippen molar-refractivity contribution in [2.24, 2.45) is 10.7 Å². The zero-order chi connectivity index (χ0) is 25.0. The van der Waals surface area contributed by atoms with Crippen LogP contribution < -0.4 is 20.1 Å². The molecule has 4 aliphatic rings. The number of nitrogens with two attached hydrogens (primary N) is 1. The number of amidine groups is 1. The zero-order valence-corrected chi connectivity index (χ0v) is 21.3. The number of methoxy groups -OCH3 is 2. The van der Waals surface area contributed by atoms with E-state index in [-0.39, 0.29) is 5.78 Å². The predicted octanol–water partition coefficient (Wildman–Crippen LogP) is 5.10. The summed E-state index contributed by atoms with van der Waals surface area (Å²) in [5, 5.41) is 11.5. The van der Waals surface area contributed by atoms with Crippen molar-refractivity contribution in [2.45, 2.75) is 57.3 Å². The van der Waals surface area contributed by atoms with E-state index >= 15 is 0 Å². The summed E-state index contributed by atoms with van der Waals surface area (Å²) in [6.45, 7) is 0. The van der Waals surface area contributed by atoms with E-state index in [1.54, 1.807) is 31.6 Å². The molecule has 3 heterocycles. The number of hydrogen-bond donors (Lipinski definition) is 1. The fraction of sp³-hybridized carbons (Fsp3) is 0.393. The smallest absolute Gasteiger partial charge is 0.161 e. The van der Waals surface area contributed by atoms with Gasteiger partial charge < -0.3 is 15.2 Å². The summed E-state index contributed by atoms with van der Waals surface area (Å²) in [5.74, 6) is 1.73. The molecule has 2 N–H and O–H groups in total. The second-order valence-electron chi connectivity index (χ2n) is 9.60. The molecule has 2 aliphatic heterocycles. The molecule has 1 atom stereocenters. The molecule has 0 saturated heterocycles. The number of aliphatic imine (C=N–C) groups is 1. The Kier molecular flexibility index (Phi) is 5.60. The van der Waals surface area contributed by atoms with Crippen LogP contribution in [0, 0.1) is 11.3 Å². The number of hydrogen-bond acceptors (Lipinski definition) is 8. The molecule has 0 amide bonds. The Bertz CT molecular complexity index is 1420. The van der Waals surface area contributed by atoms with Gasteiger partial charge in [-0.15, -0.1) is 11.3 Å². The van der Waals surface area contributed by atoms with E-state index in [0.717, 1.165) is 53.9 Å². The highest BCUT2D eigenvalue weighted by molar-refractivity contribution is 7.17. The molecule has 1 aromatic carbocycles. The summed E-state index contributed by atoms with van der Waals surface area (Å²) < 4.78 is 11.1. The van der Waals surface area contributed by atoms with Crippen LogP contribution in [0.4, 0.5) is 5.00 Å². The first kappa shape index (κ1) is 22.9. The number of fused-ring (bicyclic) bond motifs is 6. The zero-order valence-electron chi connectivity index (χ0n) is 20.5. The Balaban J connectivity index is 1.62. The molecule has 7 nitrogen and oxygen atoms in total. The average Bonchev–Trinajstić information content (AvgIpc) is 3.10. The molecular weight excluding hydrogens is 472 g/mol. The van der Waals surface area contributed by atoms with Gasteiger partial charge in [0.1, 0.15) is 22.3 Å². The predicted molar refractivity (Wildman–Crippen MR) is 140 cm³/mol. The first-order valence-corrected chi connectivity index (χ1v) is 13.3. The monoisotopic (exact) mass is 500 g/mol. The van der Waals surface area contributed by atoms with Gasteiger partial charge in [0, 0.05) is 34.2 Å². The maximum atomic E-state index is 13.5. The van der Waals surface area contributed by atoms with Crippen molar-refractivity contribution in [1.29, 1.82) is 5.26 Å². The highest BCUT2D eigenvalue weighted by atomic mass is 32.1. The third-order valence-electron chi connectivity index (χ3n) is 7.69. The SMILES string of the molecule is COc1ccc(C2C(C#N)=C3N=C(N)c4c(sc5c4CCCCC5)N3C3=C2C(=O)CCC3)c(OC)c1. The van der Waals surface area contributed by atoms with Crippen molar-refractivity contribution in [3.05, 3.63) is 62.4 Å². The third-order valence-corrected chi connectivity index (χ3v) is 8.97. The van der Waals surface area contributed by atoms with Crippen LogP contribution in [-0.4, -0.2) is 25.8 Å². The van der Waals surface area contributed by atoms with Crippen molar-refractivity contribution < 1.29 is 14.3 Å². The Hall–Kier alpha value is -3.57. The second-order valence-corrected chi connectivity index (χ2v) is 10.7. The van der Waals surface area contributed by atoms with E-state index in [2.05, 4.69) is 11.0 Å². The van der Waals surface area contributed by atoms with Crippen molar-refractivity contribution in [3.63, 3.8) is 0 Å². The van der Waals surface area contributed by atoms with Gasteiger partial charge in [-0.25, -0.2) is 4.99 Å². The van der Waals surface area contributed by atoms with Crippen LogP contribution in [0.1, 0.15) is 66.0 Å². The number of carbonyl (C=O) groups is 1. The Morgan fingerprint density at radius 1 is 1.11 bits per heavy atom. The topological polar surface area (TPSA) is 101 Å². The molecule has 0 bridgehead atoms. The average molecular weight is 501 g/mol. The molecule has 0 saturated carbocycles. The maximum absolute atomic E-state index is 13.5. The number of anilines is 1. The van der Waals surface area contributed by atoms with Crippen LogP contribution in [0.2, 0.25) is 0 Å². The molecule has 1 unspecified atom stereocenters. The minimum Gasteiger partial charge on any atom is -0.497 e. The summed E-state index contributed by atoms with van der Waals surface area (Å²) in [5.41, 5.74) is 11.7. The summed E-state index contributed by atoms with van der Waals surface area (Å²) in [6, 6.07) is 7.93. The van der Waals surface area contributed by atoms with Crippen molar-refractivity contribution in [3.8, 4) is 17.6 Å². The molecule has 0 radical (unpaired) electrons. The number of ether oxygens (including phenoxy) is 2. The lowest BCUT2D eigenvalue weighted by molar-refractivity contribution is -0.116. The van der Waals surface area contributed by atoms with Crippen LogP contribution in [-0.2, 0) is 17.6 Å². The van der Waals surface area contributed by atoms with Gasteiger partial charge in [0.05, 0.1) is 37.3 Å². The Morgan fingerprint density at radius 2 is 1.94 bits per heavy atom. The number of aryl methyl sites for hydroxylation is 1. The third kappa shape index (κ3) is 3.30. The lowest BCUT2D eigenvalue weighted by Crippen LogP contribution is -2.38. The number of benzene rings is 1. The maximum Gasteiger partial charge on any atom is 0.161 e. The molecular formula is C28H28N4O3S. The van der Waals surface area contributed by atoms with Gasteiger partial charge in [-0.3, -0.25) is 9.69 Å². The van der Waals surface area contributed by atoms with E-state index in [1.807, 2.05) is 12.1 Å². The number of carbonyl (C=O) groups excluding carboxylic acids is 1. The number of nitrogens with zero attached hydrogens (tertiary/aromatic N) is 3. The molecule has 2 aliphatic carbocycles. The summed E-state index contributed by atoms with van der Waals surface area (Å²) in [4.78, 5) is 21.9. The molecule has 0 fully saturated rings. The van der Waals surface area contributed by atoms with Crippen molar-refractivity contribution in [1.82, 2.24) is 0 Å². The van der Waals surface area contributed by atoms with Crippen molar-refractivity contribution >= 4 is 28.0 Å². The minimum absolute atomic E-state index is 0.0770. The first-order chi connectivity index (χ1) is 17.6. The van der Waals surface area contributed by atoms with Gasteiger partial charge in [-0.2, -0.15) is 5.26 Å². The largest absolute Gasteiger partial charge is 0.497 e. The van der Waals surface area contributed by atoms with E-state index in [4.69, 9.17) is 20.2 Å². The number of Topliss-reactive ketones (excluding diaryl/α,β-unsaturated/α-hetero) is 1. The lowest BCUT2D eigenvalue weighted by atomic mass is 9.75. The van der Waals surface area contributed by atoms with E-state index in [1.165, 1.54) is 23.3 Å². The van der Waals surface area contributed by atoms with Crippen LogP contribution in [0.25, 0.3) is 0 Å². The molecule has 8 heteroatoms. The molecule has 2 aromatic rings. The van der Waals surface area contributed by atoms with Gasteiger partial charge in [0.2, 0.25) is 0 Å². The molecule has 0 spiro atoms. The van der Waals surface area contributed by atoms with Gasteiger partial charge >= 0.3 is 0 Å². The van der Waals surface area contributed by atoms with E-state index in [9.17, 15) is 10.1 Å². The summed E-state index contributed by atoms with van der Waals surface area (Å²) in [7, 11) is 3.19. The van der Waals surface area contributed by atoms with Gasteiger partial charge in [0.25, 0.3) is 0 Å². The highest BCUT2D eigenvalue weighted by Gasteiger charge is 2.45. The fourth-order valence-electron chi connectivity index (χ4n) is 6.06. The molecule has 36 heavy (non-hydrogen) atoms. The van der Waals surface area contributed by atoms with Crippen molar-refractivity contribution in [2.75, 3.05) is 19.1 Å². The van der Waals surface area contributed by atoms with Crippen LogP contribution in [0.5, 0.6) is 11.5 Å². The summed E-state index contributed by atoms with van der Waals surface area (Å²) in [6.07, 6.45) is 7.54. The Labute approximate surface area is 214 Å². The fourth-order valence-corrected chi connectivity index (χ4v) is 7.48. The molecule has 6 rings (SSSR count). The number of ketones is 1. The minimum atomic E-state index is -0.569. The standard InChI is InChI=1S/C28H28N4O3S/c1-34-15-11-12-16(21(13-15)35-2)23-18(14-29)27-31-26(30)24-17-7-4-3-5-10-22(17)36-28(24)32(27)19-8-6-9-20(33)25(19)23/h11-13,23H,3-10H2,1-2H3,(H2,30,31). The Morgan fingerprint density at radius 3 is 2.72 bits per heavy atom. The van der Waals surface area contributed by atoms with Gasteiger partial charge in [-0.1, -0.05) is 12.5 Å². The van der Waals surface area contributed by atoms with Crippen LogP contribution >= 0.6 is 11.3 Å². The van der Waals surface area contributed by atoms with Crippen LogP contribution in [0.3, 0.4) is 0 Å². The number of thiophene rings is 1. The molecule has 184 valence electrons. The van der Waals surface area contributed by atoms with Crippen LogP contribution in [0.15, 0.2) is 45.9 Å². The molecule has 1 aromatic heterocycles. The lowest BCUT2D eigenvalue weighted by Gasteiger charge is -2.41. The highest BCUT2D eigenvalue weighted by Crippen LogP contribution is 2.54. The normalized spacial score (nSPS) is 21.0. The van der Waals surface area contributed by atoms with E-state index in [0.29, 0.717) is 40.7 Å². The quantitative estimate of drug-likeness (QED) is 0.589. The first-order valence-electron chi connectivity index (χ1n) is 12.5.